The SMILES string of the molecule is CCCC(CCCCc1cncc(C)n1)CC1CCC2(CC1)CN(C(=O)N(C)C)c1ccccc12. The smallest absolute Gasteiger partial charge is 0.323 e. The molecule has 1 fully saturated rings. The van der Waals surface area contributed by atoms with Gasteiger partial charge >= 0.3 is 6.03 Å². The number of carbonyl (C=O) groups excluding carboxylic acids is 1. The molecule has 1 atom stereocenters. The van der Waals surface area contributed by atoms with E-state index in [1.54, 1.807) is 4.90 Å². The van der Waals surface area contributed by atoms with Gasteiger partial charge in [-0.25, -0.2) is 4.79 Å². The van der Waals surface area contributed by atoms with Gasteiger partial charge in [-0.1, -0.05) is 50.8 Å². The van der Waals surface area contributed by atoms with Crippen LogP contribution in [0.25, 0.3) is 0 Å². The number of nitrogens with zero attached hydrogens (tertiary/aromatic N) is 4. The first-order chi connectivity index (χ1) is 16.9. The quantitative estimate of drug-likeness (QED) is 0.369. The van der Waals surface area contributed by atoms with Crippen molar-refractivity contribution in [2.24, 2.45) is 11.8 Å². The standard InChI is InChI=1S/C30H44N4O/c1-5-10-24(11-6-7-12-26-21-31-20-23(2)32-26)19-25-15-17-30(18-16-25)22-34(29(35)33(3)4)28-14-9-8-13-27(28)30/h8-9,13-14,20-21,24-25H,5-7,10-12,15-19,22H2,1-4H3. The van der Waals surface area contributed by atoms with Crippen molar-refractivity contribution in [3.8, 4) is 0 Å². The number of aryl methyl sites for hydroxylation is 2. The van der Waals surface area contributed by atoms with Gasteiger partial charge in [0.2, 0.25) is 0 Å². The monoisotopic (exact) mass is 476 g/mol. The van der Waals surface area contributed by atoms with Gasteiger partial charge in [-0.05, 0) is 75.3 Å². The zero-order valence-corrected chi connectivity index (χ0v) is 22.3. The molecule has 0 N–H and O–H groups in total. The summed E-state index contributed by atoms with van der Waals surface area (Å²) in [6.45, 7) is 5.19. The zero-order chi connectivity index (χ0) is 24.8. The molecule has 1 aromatic heterocycles. The van der Waals surface area contributed by atoms with E-state index >= 15 is 0 Å². The van der Waals surface area contributed by atoms with Crippen LogP contribution < -0.4 is 4.90 Å². The third kappa shape index (κ3) is 6.05. The molecule has 1 unspecified atom stereocenters. The number of amides is 2. The first kappa shape index (κ1) is 25.7. The van der Waals surface area contributed by atoms with Gasteiger partial charge in [-0.3, -0.25) is 14.9 Å². The van der Waals surface area contributed by atoms with E-state index in [-0.39, 0.29) is 11.4 Å². The number of urea groups is 1. The highest BCUT2D eigenvalue weighted by Gasteiger charge is 2.46. The molecule has 2 aromatic rings. The molecule has 5 heteroatoms. The molecule has 1 aromatic carbocycles. The number of unbranched alkanes of at least 4 members (excludes halogenated alkanes) is 1. The average Bonchev–Trinajstić information content (AvgIpc) is 3.17. The second kappa shape index (κ2) is 11.5. The summed E-state index contributed by atoms with van der Waals surface area (Å²) in [6, 6.07) is 8.74. The Kier molecular flexibility index (Phi) is 8.46. The molecule has 2 aliphatic rings. The summed E-state index contributed by atoms with van der Waals surface area (Å²) in [5.41, 5.74) is 4.83. The van der Waals surface area contributed by atoms with E-state index in [0.29, 0.717) is 0 Å². The number of benzene rings is 1. The number of aromatic nitrogens is 2. The Labute approximate surface area is 212 Å². The fourth-order valence-electron chi connectivity index (χ4n) is 6.57. The van der Waals surface area contributed by atoms with Crippen LogP contribution in [0.15, 0.2) is 36.7 Å². The molecule has 35 heavy (non-hydrogen) atoms. The van der Waals surface area contributed by atoms with Crippen molar-refractivity contribution in [1.29, 1.82) is 0 Å². The third-order valence-corrected chi connectivity index (χ3v) is 8.37. The van der Waals surface area contributed by atoms with Crippen LogP contribution >= 0.6 is 0 Å². The fourth-order valence-corrected chi connectivity index (χ4v) is 6.57. The number of rotatable bonds is 9. The minimum Gasteiger partial charge on any atom is -0.330 e. The van der Waals surface area contributed by atoms with Gasteiger partial charge in [0.1, 0.15) is 0 Å². The van der Waals surface area contributed by atoms with Crippen LogP contribution in [0.4, 0.5) is 10.5 Å². The summed E-state index contributed by atoms with van der Waals surface area (Å²) in [5.74, 6) is 1.66. The van der Waals surface area contributed by atoms with Crippen molar-refractivity contribution in [1.82, 2.24) is 14.9 Å². The predicted octanol–water partition coefficient (Wildman–Crippen LogP) is 6.93. The Balaban J connectivity index is 1.30. The van der Waals surface area contributed by atoms with Gasteiger partial charge in [0.05, 0.1) is 11.4 Å². The van der Waals surface area contributed by atoms with Gasteiger partial charge in [0.25, 0.3) is 0 Å². The highest BCUT2D eigenvalue weighted by atomic mass is 16.2. The Hall–Kier alpha value is -2.43. The van der Waals surface area contributed by atoms with Gasteiger partial charge < -0.3 is 4.90 Å². The van der Waals surface area contributed by atoms with Gasteiger partial charge in [-0.15, -0.1) is 0 Å². The summed E-state index contributed by atoms with van der Waals surface area (Å²) in [5, 5.41) is 0. The lowest BCUT2D eigenvalue weighted by Gasteiger charge is -2.39. The minimum atomic E-state index is 0.108. The molecule has 1 spiro atoms. The summed E-state index contributed by atoms with van der Waals surface area (Å²) >= 11 is 0. The Bertz CT molecular complexity index is 980. The van der Waals surface area contributed by atoms with E-state index in [9.17, 15) is 4.79 Å². The van der Waals surface area contributed by atoms with E-state index in [0.717, 1.165) is 41.9 Å². The molecule has 2 amide bonds. The van der Waals surface area contributed by atoms with Crippen LogP contribution in [-0.2, 0) is 11.8 Å². The maximum atomic E-state index is 12.9. The minimum absolute atomic E-state index is 0.108. The van der Waals surface area contributed by atoms with Gasteiger partial charge in [0, 0.05) is 44.1 Å². The fraction of sp³-hybridized carbons (Fsp3) is 0.633. The maximum Gasteiger partial charge on any atom is 0.323 e. The topological polar surface area (TPSA) is 49.3 Å². The first-order valence-corrected chi connectivity index (χ1v) is 13.8. The van der Waals surface area contributed by atoms with Crippen molar-refractivity contribution in [3.05, 3.63) is 53.6 Å². The highest BCUT2D eigenvalue weighted by Crippen LogP contribution is 2.51. The molecule has 2 heterocycles. The number of para-hydroxylation sites is 1. The second-order valence-electron chi connectivity index (χ2n) is 11.3. The number of fused-ring (bicyclic) bond motifs is 2. The summed E-state index contributed by atoms with van der Waals surface area (Å²) < 4.78 is 0. The Morgan fingerprint density at radius 3 is 2.63 bits per heavy atom. The molecule has 0 bridgehead atoms. The maximum absolute atomic E-state index is 12.9. The number of anilines is 1. The summed E-state index contributed by atoms with van der Waals surface area (Å²) in [4.78, 5) is 25.5. The summed E-state index contributed by atoms with van der Waals surface area (Å²) in [7, 11) is 3.71. The summed E-state index contributed by atoms with van der Waals surface area (Å²) in [6.07, 6.45) is 17.6. The Morgan fingerprint density at radius 2 is 1.91 bits per heavy atom. The molecule has 1 saturated carbocycles. The van der Waals surface area contributed by atoms with E-state index in [1.807, 2.05) is 38.3 Å². The van der Waals surface area contributed by atoms with Crippen LogP contribution in [0, 0.1) is 18.8 Å². The van der Waals surface area contributed by atoms with Gasteiger partial charge in [-0.2, -0.15) is 0 Å². The second-order valence-corrected chi connectivity index (χ2v) is 11.3. The van der Waals surface area contributed by atoms with E-state index in [1.165, 1.54) is 69.8 Å². The Morgan fingerprint density at radius 1 is 1.14 bits per heavy atom. The molecule has 4 rings (SSSR count). The molecule has 190 valence electrons. The molecule has 1 aliphatic carbocycles. The van der Waals surface area contributed by atoms with Crippen molar-refractivity contribution in [2.45, 2.75) is 89.9 Å². The normalized spacial score (nSPS) is 22.3. The van der Waals surface area contributed by atoms with E-state index < -0.39 is 0 Å². The van der Waals surface area contributed by atoms with E-state index in [2.05, 4.69) is 41.2 Å². The lowest BCUT2D eigenvalue weighted by Crippen LogP contribution is -2.43. The van der Waals surface area contributed by atoms with Crippen LogP contribution in [0.3, 0.4) is 0 Å². The molecule has 1 aliphatic heterocycles. The van der Waals surface area contributed by atoms with Gasteiger partial charge in [0.15, 0.2) is 0 Å². The number of hydrogen-bond donors (Lipinski definition) is 0. The zero-order valence-electron chi connectivity index (χ0n) is 22.3. The lowest BCUT2D eigenvalue weighted by atomic mass is 9.66. The number of carbonyl (C=O) groups is 1. The van der Waals surface area contributed by atoms with Crippen LogP contribution in [0.2, 0.25) is 0 Å². The molecular formula is C30H44N4O. The van der Waals surface area contributed by atoms with Crippen molar-refractivity contribution in [3.63, 3.8) is 0 Å². The molecule has 0 radical (unpaired) electrons. The number of hydrogen-bond acceptors (Lipinski definition) is 3. The molecule has 5 nitrogen and oxygen atoms in total. The predicted molar refractivity (Wildman–Crippen MR) is 144 cm³/mol. The van der Waals surface area contributed by atoms with E-state index in [4.69, 9.17) is 0 Å². The first-order valence-electron chi connectivity index (χ1n) is 13.8. The van der Waals surface area contributed by atoms with Crippen LogP contribution in [0.5, 0.6) is 0 Å². The highest BCUT2D eigenvalue weighted by molar-refractivity contribution is 5.95. The average molecular weight is 477 g/mol. The largest absolute Gasteiger partial charge is 0.330 e. The molecule has 0 saturated heterocycles. The third-order valence-electron chi connectivity index (χ3n) is 8.37. The van der Waals surface area contributed by atoms with Crippen molar-refractivity contribution >= 4 is 11.7 Å². The molecular weight excluding hydrogens is 432 g/mol. The van der Waals surface area contributed by atoms with Crippen molar-refractivity contribution in [2.75, 3.05) is 25.5 Å². The van der Waals surface area contributed by atoms with Crippen molar-refractivity contribution < 1.29 is 4.79 Å². The van der Waals surface area contributed by atoms with Crippen LogP contribution in [0.1, 0.15) is 88.1 Å². The van der Waals surface area contributed by atoms with Crippen LogP contribution in [-0.4, -0.2) is 41.5 Å². The lowest BCUT2D eigenvalue weighted by molar-refractivity contribution is 0.198.